The number of ether oxygens (including phenoxy) is 1. The number of primary amides is 1. The highest BCUT2D eigenvalue weighted by Gasteiger charge is 2.09. The van der Waals surface area contributed by atoms with Crippen molar-refractivity contribution in [1.82, 2.24) is 0 Å². The van der Waals surface area contributed by atoms with Crippen LogP contribution in [0.2, 0.25) is 0 Å². The molecular weight excluding hydrogens is 282 g/mol. The summed E-state index contributed by atoms with van der Waals surface area (Å²) in [5, 5.41) is 2.72. The quantitative estimate of drug-likeness (QED) is 0.699. The molecule has 20 heavy (non-hydrogen) atoms. The predicted molar refractivity (Wildman–Crippen MR) is 79.9 cm³/mol. The van der Waals surface area contributed by atoms with Crippen molar-refractivity contribution in [2.75, 3.05) is 11.9 Å². The van der Waals surface area contributed by atoms with Gasteiger partial charge in [-0.25, -0.2) is 0 Å². The molecule has 1 atom stereocenters. The Balaban J connectivity index is 0.00000361. The van der Waals surface area contributed by atoms with Gasteiger partial charge in [0, 0.05) is 12.5 Å². The minimum absolute atomic E-state index is 0. The summed E-state index contributed by atoms with van der Waals surface area (Å²) in [5.41, 5.74) is 11.1. The van der Waals surface area contributed by atoms with E-state index in [1.807, 2.05) is 0 Å². The molecule has 7 heteroatoms. The van der Waals surface area contributed by atoms with Gasteiger partial charge in [0.1, 0.15) is 5.75 Å². The van der Waals surface area contributed by atoms with Gasteiger partial charge >= 0.3 is 0 Å². The van der Waals surface area contributed by atoms with Crippen LogP contribution < -0.4 is 21.5 Å². The van der Waals surface area contributed by atoms with Gasteiger partial charge in [-0.2, -0.15) is 0 Å². The maximum atomic E-state index is 11.6. The standard InChI is InChI=1S/C13H19N3O3.ClH/c1-9(14)8-13(18)16-10-4-2-3-5-11(10)19-7-6-12(15)17;/h2-5,9H,6-8,14H2,1H3,(H2,15,17)(H,16,18);1H. The number of nitrogens with two attached hydrogens (primary N) is 2. The summed E-state index contributed by atoms with van der Waals surface area (Å²) in [6, 6.07) is 6.78. The molecule has 0 aliphatic rings. The molecule has 0 bridgehead atoms. The molecule has 0 saturated heterocycles. The van der Waals surface area contributed by atoms with Crippen molar-refractivity contribution in [3.8, 4) is 5.75 Å². The van der Waals surface area contributed by atoms with E-state index in [0.29, 0.717) is 11.4 Å². The number of hydrogen-bond acceptors (Lipinski definition) is 4. The Kier molecular flexibility index (Phi) is 8.35. The van der Waals surface area contributed by atoms with E-state index >= 15 is 0 Å². The molecule has 0 aliphatic heterocycles. The normalized spacial score (nSPS) is 11.1. The van der Waals surface area contributed by atoms with Crippen molar-refractivity contribution in [3.63, 3.8) is 0 Å². The van der Waals surface area contributed by atoms with E-state index in [4.69, 9.17) is 16.2 Å². The molecule has 0 aromatic heterocycles. The van der Waals surface area contributed by atoms with Crippen molar-refractivity contribution in [2.24, 2.45) is 11.5 Å². The van der Waals surface area contributed by atoms with Gasteiger partial charge in [0.15, 0.2) is 0 Å². The molecule has 0 radical (unpaired) electrons. The van der Waals surface area contributed by atoms with Crippen LogP contribution in [0.3, 0.4) is 0 Å². The van der Waals surface area contributed by atoms with Crippen molar-refractivity contribution < 1.29 is 14.3 Å². The lowest BCUT2D eigenvalue weighted by Gasteiger charge is -2.12. The van der Waals surface area contributed by atoms with Gasteiger partial charge in [-0.05, 0) is 19.1 Å². The Morgan fingerprint density at radius 3 is 2.60 bits per heavy atom. The van der Waals surface area contributed by atoms with E-state index in [2.05, 4.69) is 5.32 Å². The summed E-state index contributed by atoms with van der Waals surface area (Å²) in [4.78, 5) is 22.3. The number of nitrogens with one attached hydrogen (secondary N) is 1. The van der Waals surface area contributed by atoms with E-state index in [1.54, 1.807) is 31.2 Å². The van der Waals surface area contributed by atoms with Crippen LogP contribution in [0, 0.1) is 0 Å². The van der Waals surface area contributed by atoms with Gasteiger partial charge in [-0.3, -0.25) is 9.59 Å². The minimum atomic E-state index is -0.432. The van der Waals surface area contributed by atoms with E-state index in [9.17, 15) is 9.59 Å². The summed E-state index contributed by atoms with van der Waals surface area (Å²) in [5.74, 6) is -0.110. The molecule has 112 valence electrons. The molecule has 1 aromatic carbocycles. The molecule has 6 nitrogen and oxygen atoms in total. The van der Waals surface area contributed by atoms with Gasteiger partial charge < -0.3 is 21.5 Å². The third-order valence-electron chi connectivity index (χ3n) is 2.27. The molecule has 1 unspecified atom stereocenters. The number of halogens is 1. The minimum Gasteiger partial charge on any atom is -0.491 e. The second kappa shape index (κ2) is 9.17. The molecule has 1 rings (SSSR count). The molecule has 0 heterocycles. The first-order valence-corrected chi connectivity index (χ1v) is 6.04. The Bertz CT molecular complexity index is 452. The monoisotopic (exact) mass is 301 g/mol. The first kappa shape index (κ1) is 18.2. The van der Waals surface area contributed by atoms with Crippen LogP contribution in [0.1, 0.15) is 19.8 Å². The van der Waals surface area contributed by atoms with Crippen LogP contribution in [-0.2, 0) is 9.59 Å². The lowest BCUT2D eigenvalue weighted by molar-refractivity contribution is -0.118. The summed E-state index contributed by atoms with van der Waals surface area (Å²) in [6.07, 6.45) is 0.359. The number of amides is 2. The van der Waals surface area contributed by atoms with E-state index < -0.39 is 5.91 Å². The second-order valence-corrected chi connectivity index (χ2v) is 4.29. The van der Waals surface area contributed by atoms with Crippen molar-refractivity contribution in [1.29, 1.82) is 0 Å². The second-order valence-electron chi connectivity index (χ2n) is 4.29. The molecule has 2 amide bonds. The van der Waals surface area contributed by atoms with E-state index in [1.165, 1.54) is 0 Å². The Hall–Kier alpha value is -1.79. The average molecular weight is 302 g/mol. The third-order valence-corrected chi connectivity index (χ3v) is 2.27. The molecule has 0 saturated carbocycles. The van der Waals surface area contributed by atoms with E-state index in [0.717, 1.165) is 0 Å². The predicted octanol–water partition coefficient (Wildman–Crippen LogP) is 1.04. The van der Waals surface area contributed by atoms with Crippen LogP contribution >= 0.6 is 12.4 Å². The fraction of sp³-hybridized carbons (Fsp3) is 0.385. The smallest absolute Gasteiger partial charge is 0.226 e. The van der Waals surface area contributed by atoms with E-state index in [-0.39, 0.29) is 43.8 Å². The largest absolute Gasteiger partial charge is 0.491 e. The maximum Gasteiger partial charge on any atom is 0.226 e. The molecule has 0 aliphatic carbocycles. The Labute approximate surface area is 124 Å². The lowest BCUT2D eigenvalue weighted by Crippen LogP contribution is -2.24. The van der Waals surface area contributed by atoms with Crippen LogP contribution in [0.25, 0.3) is 0 Å². The van der Waals surface area contributed by atoms with Crippen LogP contribution in [0.4, 0.5) is 5.69 Å². The highest BCUT2D eigenvalue weighted by Crippen LogP contribution is 2.24. The summed E-state index contributed by atoms with van der Waals surface area (Å²) in [6.45, 7) is 1.93. The zero-order valence-electron chi connectivity index (χ0n) is 11.3. The number of para-hydroxylation sites is 2. The number of rotatable bonds is 7. The van der Waals surface area contributed by atoms with Crippen LogP contribution in [0.15, 0.2) is 24.3 Å². The Morgan fingerprint density at radius 2 is 2.00 bits per heavy atom. The summed E-state index contributed by atoms with van der Waals surface area (Å²) in [7, 11) is 0. The maximum absolute atomic E-state index is 11.6. The topological polar surface area (TPSA) is 107 Å². The molecular formula is C13H20ClN3O3. The average Bonchev–Trinajstić information content (AvgIpc) is 2.29. The van der Waals surface area contributed by atoms with Crippen molar-refractivity contribution >= 4 is 29.9 Å². The SMILES string of the molecule is CC(N)CC(=O)Nc1ccccc1OCCC(N)=O.Cl. The van der Waals surface area contributed by atoms with Gasteiger partial charge in [-0.1, -0.05) is 12.1 Å². The van der Waals surface area contributed by atoms with Gasteiger partial charge in [0.25, 0.3) is 0 Å². The van der Waals surface area contributed by atoms with Gasteiger partial charge in [-0.15, -0.1) is 12.4 Å². The fourth-order valence-corrected chi connectivity index (χ4v) is 1.45. The Morgan fingerprint density at radius 1 is 1.35 bits per heavy atom. The van der Waals surface area contributed by atoms with Gasteiger partial charge in [0.05, 0.1) is 18.7 Å². The highest BCUT2D eigenvalue weighted by atomic mass is 35.5. The zero-order chi connectivity index (χ0) is 14.3. The zero-order valence-corrected chi connectivity index (χ0v) is 12.1. The highest BCUT2D eigenvalue weighted by molar-refractivity contribution is 5.92. The first-order valence-electron chi connectivity index (χ1n) is 6.04. The summed E-state index contributed by atoms with van der Waals surface area (Å²) >= 11 is 0. The molecule has 1 aromatic rings. The van der Waals surface area contributed by atoms with Crippen molar-refractivity contribution in [2.45, 2.75) is 25.8 Å². The third kappa shape index (κ3) is 6.96. The summed E-state index contributed by atoms with van der Waals surface area (Å²) < 4.78 is 5.41. The molecule has 0 spiro atoms. The molecule has 0 fully saturated rings. The van der Waals surface area contributed by atoms with Crippen molar-refractivity contribution in [3.05, 3.63) is 24.3 Å². The number of hydrogen-bond donors (Lipinski definition) is 3. The first-order chi connectivity index (χ1) is 8.99. The van der Waals surface area contributed by atoms with Gasteiger partial charge in [0.2, 0.25) is 11.8 Å². The van der Waals surface area contributed by atoms with Crippen LogP contribution in [-0.4, -0.2) is 24.5 Å². The number of anilines is 1. The number of carbonyl (C=O) groups is 2. The molecule has 5 N–H and O–H groups in total. The van der Waals surface area contributed by atoms with Crippen LogP contribution in [0.5, 0.6) is 5.75 Å². The number of carbonyl (C=O) groups excluding carboxylic acids is 2. The fourth-order valence-electron chi connectivity index (χ4n) is 1.45. The lowest BCUT2D eigenvalue weighted by atomic mass is 10.2. The number of benzene rings is 1.